The van der Waals surface area contributed by atoms with Gasteiger partial charge in [-0.2, -0.15) is 0 Å². The molecule has 1 rings (SSSR count). The average molecular weight is 300 g/mol. The van der Waals surface area contributed by atoms with Crippen molar-refractivity contribution in [2.45, 2.75) is 13.3 Å². The van der Waals surface area contributed by atoms with E-state index in [4.69, 9.17) is 20.6 Å². The largest absolute Gasteiger partial charge is 0.493 e. The molecule has 112 valence electrons. The van der Waals surface area contributed by atoms with Crippen LogP contribution in [0.25, 0.3) is 0 Å². The molecule has 0 saturated heterocycles. The van der Waals surface area contributed by atoms with Crippen LogP contribution in [-0.2, 0) is 9.84 Å². The molecule has 1 aromatic carbocycles. The second-order valence-electron chi connectivity index (χ2n) is 4.22. The molecule has 20 heavy (non-hydrogen) atoms. The molecule has 0 aliphatic heterocycles. The van der Waals surface area contributed by atoms with Crippen molar-refractivity contribution in [2.24, 2.45) is 5.73 Å². The van der Waals surface area contributed by atoms with E-state index in [9.17, 15) is 8.42 Å². The number of nitrogen functional groups attached to an aromatic ring is 1. The van der Waals surface area contributed by atoms with E-state index < -0.39 is 9.84 Å². The highest BCUT2D eigenvalue weighted by molar-refractivity contribution is 7.91. The fourth-order valence-electron chi connectivity index (χ4n) is 1.56. The summed E-state index contributed by atoms with van der Waals surface area (Å²) in [4.78, 5) is 0. The highest BCUT2D eigenvalue weighted by Gasteiger charge is 2.09. The summed E-state index contributed by atoms with van der Waals surface area (Å²) < 4.78 is 33.3. The molecule has 0 saturated carbocycles. The summed E-state index contributed by atoms with van der Waals surface area (Å²) >= 11 is 0. The van der Waals surface area contributed by atoms with Crippen molar-refractivity contribution in [3.63, 3.8) is 0 Å². The summed E-state index contributed by atoms with van der Waals surface area (Å²) in [5.41, 5.74) is 5.94. The van der Waals surface area contributed by atoms with Gasteiger partial charge in [-0.15, -0.1) is 0 Å². The maximum absolute atomic E-state index is 11.3. The number of rotatable bonds is 8. The number of amidine groups is 1. The summed E-state index contributed by atoms with van der Waals surface area (Å²) in [5.74, 6) is 1.17. The minimum absolute atomic E-state index is 0.0520. The summed E-state index contributed by atoms with van der Waals surface area (Å²) in [5, 5.41) is 7.35. The molecular weight excluding hydrogens is 280 g/mol. The Kier molecular flexibility index (Phi) is 5.82. The minimum Gasteiger partial charge on any atom is -0.493 e. The van der Waals surface area contributed by atoms with Crippen LogP contribution < -0.4 is 15.2 Å². The lowest BCUT2D eigenvalue weighted by molar-refractivity contribution is 0.294. The van der Waals surface area contributed by atoms with Gasteiger partial charge in [0.25, 0.3) is 0 Å². The number of benzene rings is 1. The Morgan fingerprint density at radius 1 is 1.35 bits per heavy atom. The van der Waals surface area contributed by atoms with Crippen LogP contribution >= 0.6 is 0 Å². The second-order valence-corrected chi connectivity index (χ2v) is 6.69. The summed E-state index contributed by atoms with van der Waals surface area (Å²) in [7, 11) is -1.47. The van der Waals surface area contributed by atoms with Crippen LogP contribution in [0.15, 0.2) is 18.2 Å². The minimum atomic E-state index is -2.96. The Hall–Kier alpha value is -1.76. The van der Waals surface area contributed by atoms with Gasteiger partial charge in [-0.1, -0.05) is 6.92 Å². The lowest BCUT2D eigenvalue weighted by atomic mass is 10.2. The van der Waals surface area contributed by atoms with Gasteiger partial charge in [0.05, 0.1) is 19.5 Å². The van der Waals surface area contributed by atoms with E-state index in [0.29, 0.717) is 23.5 Å². The monoisotopic (exact) mass is 300 g/mol. The first-order valence-corrected chi connectivity index (χ1v) is 8.07. The van der Waals surface area contributed by atoms with Gasteiger partial charge >= 0.3 is 0 Å². The van der Waals surface area contributed by atoms with Crippen molar-refractivity contribution >= 4 is 15.7 Å². The number of hydrogen-bond donors (Lipinski definition) is 2. The fraction of sp³-hybridized carbons (Fsp3) is 0.462. The standard InChI is InChI=1S/C13H20N2O4S/c1-3-20(16,17)8-4-7-19-11-6-5-10(13(14)15)9-12(11)18-2/h5-6,9H,3-4,7-8H2,1-2H3,(H3,14,15). The van der Waals surface area contributed by atoms with E-state index in [-0.39, 0.29) is 23.9 Å². The van der Waals surface area contributed by atoms with Crippen LogP contribution in [0.4, 0.5) is 0 Å². The lowest BCUT2D eigenvalue weighted by Crippen LogP contribution is -2.13. The third-order valence-corrected chi connectivity index (χ3v) is 4.56. The first-order chi connectivity index (χ1) is 9.39. The Morgan fingerprint density at radius 2 is 2.05 bits per heavy atom. The smallest absolute Gasteiger partial charge is 0.161 e. The van der Waals surface area contributed by atoms with Crippen molar-refractivity contribution in [3.8, 4) is 11.5 Å². The van der Waals surface area contributed by atoms with E-state index in [0.717, 1.165) is 0 Å². The molecule has 0 heterocycles. The summed E-state index contributed by atoms with van der Waals surface area (Å²) in [6.45, 7) is 1.91. The highest BCUT2D eigenvalue weighted by Crippen LogP contribution is 2.28. The Bertz CT molecular complexity index is 570. The number of ether oxygens (including phenoxy) is 2. The van der Waals surface area contributed by atoms with Crippen molar-refractivity contribution in [1.29, 1.82) is 5.41 Å². The number of nitrogens with one attached hydrogen (secondary N) is 1. The van der Waals surface area contributed by atoms with Crippen molar-refractivity contribution in [2.75, 3.05) is 25.2 Å². The maximum Gasteiger partial charge on any atom is 0.161 e. The van der Waals surface area contributed by atoms with Gasteiger partial charge in [0.2, 0.25) is 0 Å². The van der Waals surface area contributed by atoms with Gasteiger partial charge in [-0.25, -0.2) is 8.42 Å². The zero-order valence-electron chi connectivity index (χ0n) is 11.7. The Morgan fingerprint density at radius 3 is 2.60 bits per heavy atom. The van der Waals surface area contributed by atoms with Gasteiger partial charge in [0.15, 0.2) is 11.5 Å². The molecule has 0 bridgehead atoms. The Labute approximate surface area is 119 Å². The summed E-state index contributed by atoms with van der Waals surface area (Å²) in [6.07, 6.45) is 0.424. The maximum atomic E-state index is 11.3. The molecule has 0 radical (unpaired) electrons. The van der Waals surface area contributed by atoms with E-state index in [1.54, 1.807) is 25.1 Å². The van der Waals surface area contributed by atoms with Crippen LogP contribution in [0.3, 0.4) is 0 Å². The van der Waals surface area contributed by atoms with Crippen LogP contribution in [0.1, 0.15) is 18.9 Å². The quantitative estimate of drug-likeness (QED) is 0.426. The zero-order valence-corrected chi connectivity index (χ0v) is 12.5. The van der Waals surface area contributed by atoms with Gasteiger partial charge in [0.1, 0.15) is 15.7 Å². The topological polar surface area (TPSA) is 102 Å². The molecule has 0 aliphatic rings. The Balaban J connectivity index is 2.62. The predicted octanol–water partition coefficient (Wildman–Crippen LogP) is 1.18. The first kappa shape index (κ1) is 16.3. The molecule has 0 fully saturated rings. The first-order valence-electron chi connectivity index (χ1n) is 6.25. The molecule has 0 aromatic heterocycles. The SMILES string of the molecule is CCS(=O)(=O)CCCOc1ccc(C(=N)N)cc1OC. The fourth-order valence-corrected chi connectivity index (χ4v) is 2.41. The van der Waals surface area contributed by atoms with Crippen LogP contribution in [-0.4, -0.2) is 39.5 Å². The number of nitrogens with two attached hydrogens (primary N) is 1. The molecule has 0 atom stereocenters. The van der Waals surface area contributed by atoms with Crippen LogP contribution in [0.2, 0.25) is 0 Å². The van der Waals surface area contributed by atoms with Gasteiger partial charge in [0, 0.05) is 11.3 Å². The van der Waals surface area contributed by atoms with Crippen molar-refractivity contribution in [3.05, 3.63) is 23.8 Å². The molecule has 0 amide bonds. The number of sulfone groups is 1. The zero-order chi connectivity index (χ0) is 15.2. The predicted molar refractivity (Wildman–Crippen MR) is 78.4 cm³/mol. The normalized spacial score (nSPS) is 11.1. The van der Waals surface area contributed by atoms with Crippen molar-refractivity contribution < 1.29 is 17.9 Å². The van der Waals surface area contributed by atoms with Gasteiger partial charge in [-0.3, -0.25) is 5.41 Å². The van der Waals surface area contributed by atoms with Crippen molar-refractivity contribution in [1.82, 2.24) is 0 Å². The van der Waals surface area contributed by atoms with E-state index in [2.05, 4.69) is 0 Å². The van der Waals surface area contributed by atoms with E-state index >= 15 is 0 Å². The summed E-state index contributed by atoms with van der Waals surface area (Å²) in [6, 6.07) is 4.92. The highest BCUT2D eigenvalue weighted by atomic mass is 32.2. The molecule has 0 aliphatic carbocycles. The average Bonchev–Trinajstić information content (AvgIpc) is 2.43. The van der Waals surface area contributed by atoms with Crippen LogP contribution in [0, 0.1) is 5.41 Å². The van der Waals surface area contributed by atoms with E-state index in [1.807, 2.05) is 0 Å². The molecule has 0 unspecified atom stereocenters. The molecule has 6 nitrogen and oxygen atoms in total. The molecule has 3 N–H and O–H groups in total. The van der Waals surface area contributed by atoms with Gasteiger partial charge < -0.3 is 15.2 Å². The van der Waals surface area contributed by atoms with Crippen LogP contribution in [0.5, 0.6) is 11.5 Å². The lowest BCUT2D eigenvalue weighted by Gasteiger charge is -2.11. The molecular formula is C13H20N2O4S. The number of hydrogen-bond acceptors (Lipinski definition) is 5. The molecule has 7 heteroatoms. The molecule has 0 spiro atoms. The van der Waals surface area contributed by atoms with E-state index in [1.165, 1.54) is 7.11 Å². The van der Waals surface area contributed by atoms with Gasteiger partial charge in [-0.05, 0) is 24.6 Å². The molecule has 1 aromatic rings. The third-order valence-electron chi connectivity index (χ3n) is 2.77. The third kappa shape index (κ3) is 4.73. The number of methoxy groups -OCH3 is 1. The second kappa shape index (κ2) is 7.14.